The van der Waals surface area contributed by atoms with Crippen LogP contribution in [0.1, 0.15) is 27.2 Å². The molecule has 0 aliphatic carbocycles. The van der Waals surface area contributed by atoms with Crippen LogP contribution in [0.3, 0.4) is 0 Å². The van der Waals surface area contributed by atoms with Gasteiger partial charge in [0.25, 0.3) is 0 Å². The predicted molar refractivity (Wildman–Crippen MR) is 89.7 cm³/mol. The standard InChI is InChI=1S/C17H24N2O5/c1-11(2)24-13-6-5-12(9-14(13)23-4)18-16(22)19-8-7-17(3,10-19)15(20)21/h5-6,9,11H,7-8,10H2,1-4H3,(H,18,22)(H,20,21). The van der Waals surface area contributed by atoms with Crippen LogP contribution in [0, 0.1) is 5.41 Å². The number of likely N-dealkylation sites (tertiary alicyclic amines) is 1. The number of carbonyl (C=O) groups is 2. The third-order valence-electron chi connectivity index (χ3n) is 4.05. The first-order chi connectivity index (χ1) is 11.2. The number of carboxylic acids is 1. The number of methoxy groups -OCH3 is 1. The quantitative estimate of drug-likeness (QED) is 0.863. The van der Waals surface area contributed by atoms with Gasteiger partial charge in [-0.15, -0.1) is 0 Å². The van der Waals surface area contributed by atoms with E-state index in [1.807, 2.05) is 13.8 Å². The molecule has 0 bridgehead atoms. The van der Waals surface area contributed by atoms with Crippen LogP contribution in [-0.4, -0.2) is 48.3 Å². The van der Waals surface area contributed by atoms with Gasteiger partial charge in [0.05, 0.1) is 18.6 Å². The summed E-state index contributed by atoms with van der Waals surface area (Å²) in [5, 5.41) is 12.0. The number of nitrogens with zero attached hydrogens (tertiary/aromatic N) is 1. The first-order valence-corrected chi connectivity index (χ1v) is 7.89. The Kier molecular flexibility index (Phi) is 5.21. The molecule has 7 nitrogen and oxygen atoms in total. The molecule has 1 atom stereocenters. The van der Waals surface area contributed by atoms with E-state index in [2.05, 4.69) is 5.32 Å². The maximum atomic E-state index is 12.3. The minimum Gasteiger partial charge on any atom is -0.493 e. The van der Waals surface area contributed by atoms with E-state index in [1.165, 1.54) is 12.0 Å². The van der Waals surface area contributed by atoms with E-state index in [-0.39, 0.29) is 18.7 Å². The molecular weight excluding hydrogens is 312 g/mol. The van der Waals surface area contributed by atoms with Crippen LogP contribution < -0.4 is 14.8 Å². The maximum absolute atomic E-state index is 12.3. The smallest absolute Gasteiger partial charge is 0.321 e. The van der Waals surface area contributed by atoms with Crippen LogP contribution in [0.2, 0.25) is 0 Å². The molecule has 2 amide bonds. The first-order valence-electron chi connectivity index (χ1n) is 7.89. The highest BCUT2D eigenvalue weighted by molar-refractivity contribution is 5.90. The minimum atomic E-state index is -0.885. The Hall–Kier alpha value is -2.44. The molecule has 0 saturated carbocycles. The lowest BCUT2D eigenvalue weighted by Crippen LogP contribution is -2.37. The van der Waals surface area contributed by atoms with E-state index in [4.69, 9.17) is 9.47 Å². The minimum absolute atomic E-state index is 0.0117. The molecule has 1 aliphatic rings. The molecule has 0 aromatic heterocycles. The number of aliphatic carboxylic acids is 1. The van der Waals surface area contributed by atoms with Crippen molar-refractivity contribution < 1.29 is 24.2 Å². The number of carbonyl (C=O) groups excluding carboxylic acids is 1. The molecule has 1 heterocycles. The van der Waals surface area contributed by atoms with Gasteiger partial charge < -0.3 is 24.8 Å². The summed E-state index contributed by atoms with van der Waals surface area (Å²) < 4.78 is 10.9. The highest BCUT2D eigenvalue weighted by Crippen LogP contribution is 2.33. The lowest BCUT2D eigenvalue weighted by Gasteiger charge is -2.21. The van der Waals surface area contributed by atoms with Crippen molar-refractivity contribution in [1.29, 1.82) is 0 Å². The average Bonchev–Trinajstić information content (AvgIpc) is 2.92. The Morgan fingerprint density at radius 2 is 2.04 bits per heavy atom. The fourth-order valence-electron chi connectivity index (χ4n) is 2.61. The number of nitrogens with one attached hydrogen (secondary N) is 1. The van der Waals surface area contributed by atoms with Gasteiger partial charge in [-0.2, -0.15) is 0 Å². The molecule has 132 valence electrons. The second kappa shape index (κ2) is 6.98. The number of carboxylic acid groups (broad SMARTS) is 1. The fraction of sp³-hybridized carbons (Fsp3) is 0.529. The van der Waals surface area contributed by atoms with Gasteiger partial charge in [-0.05, 0) is 39.3 Å². The molecule has 1 aromatic rings. The van der Waals surface area contributed by atoms with E-state index in [9.17, 15) is 14.7 Å². The average molecular weight is 336 g/mol. The number of anilines is 1. The number of benzene rings is 1. The van der Waals surface area contributed by atoms with Crippen molar-refractivity contribution >= 4 is 17.7 Å². The molecule has 1 aliphatic heterocycles. The highest BCUT2D eigenvalue weighted by Gasteiger charge is 2.42. The molecule has 2 N–H and O–H groups in total. The van der Waals surface area contributed by atoms with Gasteiger partial charge in [-0.3, -0.25) is 4.79 Å². The summed E-state index contributed by atoms with van der Waals surface area (Å²) >= 11 is 0. The van der Waals surface area contributed by atoms with Crippen LogP contribution in [-0.2, 0) is 4.79 Å². The Morgan fingerprint density at radius 3 is 2.58 bits per heavy atom. The lowest BCUT2D eigenvalue weighted by atomic mass is 9.90. The number of hydrogen-bond donors (Lipinski definition) is 2. The molecule has 1 aromatic carbocycles. The van der Waals surface area contributed by atoms with Crippen LogP contribution >= 0.6 is 0 Å². The van der Waals surface area contributed by atoms with Crippen LogP contribution in [0.4, 0.5) is 10.5 Å². The summed E-state index contributed by atoms with van der Waals surface area (Å²) in [6.07, 6.45) is 0.456. The van der Waals surface area contributed by atoms with Crippen molar-refractivity contribution in [3.8, 4) is 11.5 Å². The summed E-state index contributed by atoms with van der Waals surface area (Å²) in [5.74, 6) is 0.248. The Morgan fingerprint density at radius 1 is 1.33 bits per heavy atom. The zero-order valence-electron chi connectivity index (χ0n) is 14.5. The fourth-order valence-corrected chi connectivity index (χ4v) is 2.61. The van der Waals surface area contributed by atoms with Gasteiger partial charge in [-0.25, -0.2) is 4.79 Å². The third kappa shape index (κ3) is 3.90. The molecular formula is C17H24N2O5. The van der Waals surface area contributed by atoms with Crippen molar-refractivity contribution in [2.75, 3.05) is 25.5 Å². The van der Waals surface area contributed by atoms with Crippen molar-refractivity contribution in [3.63, 3.8) is 0 Å². The zero-order valence-corrected chi connectivity index (χ0v) is 14.5. The summed E-state index contributed by atoms with van der Waals surface area (Å²) in [6, 6.07) is 4.83. The number of hydrogen-bond acceptors (Lipinski definition) is 4. The third-order valence-corrected chi connectivity index (χ3v) is 4.05. The Labute approximate surface area is 141 Å². The van der Waals surface area contributed by atoms with E-state index in [1.54, 1.807) is 25.1 Å². The van der Waals surface area contributed by atoms with Crippen molar-refractivity contribution in [3.05, 3.63) is 18.2 Å². The Bertz CT molecular complexity index is 631. The lowest BCUT2D eigenvalue weighted by molar-refractivity contribution is -0.146. The Balaban J connectivity index is 2.06. The molecule has 0 spiro atoms. The molecule has 1 fully saturated rings. The number of rotatable bonds is 5. The monoisotopic (exact) mass is 336 g/mol. The molecule has 24 heavy (non-hydrogen) atoms. The molecule has 1 unspecified atom stereocenters. The molecule has 1 saturated heterocycles. The van der Waals surface area contributed by atoms with E-state index >= 15 is 0 Å². The summed E-state index contributed by atoms with van der Waals surface area (Å²) in [6.45, 7) is 6.10. The van der Waals surface area contributed by atoms with E-state index < -0.39 is 11.4 Å². The van der Waals surface area contributed by atoms with E-state index in [0.29, 0.717) is 30.2 Å². The zero-order chi connectivity index (χ0) is 17.9. The van der Waals surface area contributed by atoms with Crippen molar-refractivity contribution in [2.24, 2.45) is 5.41 Å². The highest BCUT2D eigenvalue weighted by atomic mass is 16.5. The number of amides is 2. The van der Waals surface area contributed by atoms with Gasteiger partial charge in [0.15, 0.2) is 11.5 Å². The topological polar surface area (TPSA) is 88.1 Å². The maximum Gasteiger partial charge on any atom is 0.321 e. The molecule has 2 rings (SSSR count). The summed E-state index contributed by atoms with van der Waals surface area (Å²) in [7, 11) is 1.53. The second-order valence-electron chi connectivity index (χ2n) is 6.50. The van der Waals surface area contributed by atoms with Gasteiger partial charge in [0, 0.05) is 24.8 Å². The molecule has 7 heteroatoms. The summed E-state index contributed by atoms with van der Waals surface area (Å²) in [5.41, 5.74) is -0.318. The van der Waals surface area contributed by atoms with Gasteiger partial charge in [0.1, 0.15) is 0 Å². The summed E-state index contributed by atoms with van der Waals surface area (Å²) in [4.78, 5) is 25.1. The number of ether oxygens (including phenoxy) is 2. The van der Waals surface area contributed by atoms with Gasteiger partial charge in [0.2, 0.25) is 0 Å². The second-order valence-corrected chi connectivity index (χ2v) is 6.50. The largest absolute Gasteiger partial charge is 0.493 e. The van der Waals surface area contributed by atoms with Crippen molar-refractivity contribution in [1.82, 2.24) is 4.90 Å². The predicted octanol–water partition coefficient (Wildman–Crippen LogP) is 2.81. The van der Waals surface area contributed by atoms with Crippen LogP contribution in [0.25, 0.3) is 0 Å². The first kappa shape index (κ1) is 17.9. The van der Waals surface area contributed by atoms with Crippen LogP contribution in [0.15, 0.2) is 18.2 Å². The van der Waals surface area contributed by atoms with Gasteiger partial charge in [-0.1, -0.05) is 0 Å². The van der Waals surface area contributed by atoms with Gasteiger partial charge >= 0.3 is 12.0 Å². The van der Waals surface area contributed by atoms with E-state index in [0.717, 1.165) is 0 Å². The normalized spacial score (nSPS) is 20.1. The molecule has 0 radical (unpaired) electrons. The SMILES string of the molecule is COc1cc(NC(=O)N2CCC(C)(C(=O)O)C2)ccc1OC(C)C. The van der Waals surface area contributed by atoms with Crippen molar-refractivity contribution in [2.45, 2.75) is 33.3 Å². The van der Waals surface area contributed by atoms with Crippen LogP contribution in [0.5, 0.6) is 11.5 Å². The number of urea groups is 1.